The molecule has 1 amide bonds. The summed E-state index contributed by atoms with van der Waals surface area (Å²) in [5.74, 6) is 0.117. The van der Waals surface area contributed by atoms with Crippen LogP contribution in [0.15, 0.2) is 24.3 Å². The van der Waals surface area contributed by atoms with Gasteiger partial charge in [0.25, 0.3) is 0 Å². The van der Waals surface area contributed by atoms with Crippen LogP contribution >= 0.6 is 0 Å². The second kappa shape index (κ2) is 6.37. The van der Waals surface area contributed by atoms with Crippen molar-refractivity contribution in [3.63, 3.8) is 0 Å². The molecular weight excluding hydrogens is 214 g/mol. The van der Waals surface area contributed by atoms with E-state index in [2.05, 4.69) is 12.1 Å². The molecule has 1 aromatic carbocycles. The minimum atomic E-state index is 0.117. The van der Waals surface area contributed by atoms with Gasteiger partial charge in [0, 0.05) is 27.2 Å². The van der Waals surface area contributed by atoms with Gasteiger partial charge in [-0.05, 0) is 18.2 Å². The molecule has 0 aliphatic heterocycles. The van der Waals surface area contributed by atoms with Crippen molar-refractivity contribution in [1.82, 2.24) is 9.80 Å². The van der Waals surface area contributed by atoms with Crippen molar-refractivity contribution in [2.45, 2.75) is 13.1 Å². The molecule has 0 aliphatic rings. The van der Waals surface area contributed by atoms with E-state index in [9.17, 15) is 4.79 Å². The van der Waals surface area contributed by atoms with E-state index in [1.165, 1.54) is 5.56 Å². The fourth-order valence-electron chi connectivity index (χ4n) is 1.52. The molecule has 0 spiro atoms. The van der Waals surface area contributed by atoms with Crippen molar-refractivity contribution in [2.24, 2.45) is 5.73 Å². The summed E-state index contributed by atoms with van der Waals surface area (Å²) in [5.41, 5.74) is 7.86. The number of benzene rings is 1. The predicted molar refractivity (Wildman–Crippen MR) is 69.4 cm³/mol. The number of likely N-dealkylation sites (N-methyl/N-ethyl adjacent to an activating group) is 2. The fraction of sp³-hybridized carbons (Fsp3) is 0.462. The van der Waals surface area contributed by atoms with Crippen LogP contribution in [0.5, 0.6) is 0 Å². The quantitative estimate of drug-likeness (QED) is 0.816. The van der Waals surface area contributed by atoms with E-state index in [1.54, 1.807) is 19.0 Å². The van der Waals surface area contributed by atoms with Gasteiger partial charge < -0.3 is 10.6 Å². The molecule has 0 heterocycles. The summed E-state index contributed by atoms with van der Waals surface area (Å²) in [6.07, 6.45) is 0. The molecule has 1 rings (SSSR count). The highest BCUT2D eigenvalue weighted by Crippen LogP contribution is 2.06. The highest BCUT2D eigenvalue weighted by molar-refractivity contribution is 5.77. The Morgan fingerprint density at radius 2 is 1.65 bits per heavy atom. The van der Waals surface area contributed by atoms with Gasteiger partial charge in [0.15, 0.2) is 0 Å². The Morgan fingerprint density at radius 3 is 2.12 bits per heavy atom. The number of nitrogens with zero attached hydrogens (tertiary/aromatic N) is 2. The maximum absolute atomic E-state index is 11.5. The number of hydrogen-bond acceptors (Lipinski definition) is 3. The number of nitrogens with two attached hydrogens (primary N) is 1. The SMILES string of the molecule is CN(CC(=O)N(C)C)Cc1ccc(CN)cc1. The lowest BCUT2D eigenvalue weighted by molar-refractivity contribution is -0.129. The first-order valence-corrected chi connectivity index (χ1v) is 5.69. The zero-order valence-corrected chi connectivity index (χ0v) is 10.8. The summed E-state index contributed by atoms with van der Waals surface area (Å²) in [5, 5.41) is 0. The molecule has 1 aromatic rings. The second-order valence-electron chi connectivity index (χ2n) is 4.48. The zero-order valence-electron chi connectivity index (χ0n) is 10.8. The van der Waals surface area contributed by atoms with Crippen molar-refractivity contribution >= 4 is 5.91 Å². The molecule has 0 bridgehead atoms. The third-order valence-corrected chi connectivity index (χ3v) is 2.62. The van der Waals surface area contributed by atoms with Gasteiger partial charge in [-0.1, -0.05) is 24.3 Å². The van der Waals surface area contributed by atoms with Crippen LogP contribution in [-0.2, 0) is 17.9 Å². The lowest BCUT2D eigenvalue weighted by Crippen LogP contribution is -2.34. The van der Waals surface area contributed by atoms with Gasteiger partial charge in [0.2, 0.25) is 5.91 Å². The van der Waals surface area contributed by atoms with E-state index >= 15 is 0 Å². The van der Waals surface area contributed by atoms with E-state index in [1.807, 2.05) is 24.1 Å². The number of hydrogen-bond donors (Lipinski definition) is 1. The third-order valence-electron chi connectivity index (χ3n) is 2.62. The Bertz CT molecular complexity index is 359. The minimum absolute atomic E-state index is 0.117. The summed E-state index contributed by atoms with van der Waals surface area (Å²) in [6.45, 7) is 1.77. The predicted octanol–water partition coefficient (Wildman–Crippen LogP) is 0.665. The lowest BCUT2D eigenvalue weighted by Gasteiger charge is -2.19. The number of carbonyl (C=O) groups is 1. The van der Waals surface area contributed by atoms with Gasteiger partial charge in [-0.2, -0.15) is 0 Å². The average Bonchev–Trinajstić information content (AvgIpc) is 2.29. The summed E-state index contributed by atoms with van der Waals surface area (Å²) in [4.78, 5) is 15.1. The molecule has 94 valence electrons. The Morgan fingerprint density at radius 1 is 1.12 bits per heavy atom. The summed E-state index contributed by atoms with van der Waals surface area (Å²) < 4.78 is 0. The molecule has 0 fully saturated rings. The Kier molecular flexibility index (Phi) is 5.12. The Labute approximate surface area is 103 Å². The highest BCUT2D eigenvalue weighted by atomic mass is 16.2. The Balaban J connectivity index is 2.50. The molecule has 0 radical (unpaired) electrons. The second-order valence-corrected chi connectivity index (χ2v) is 4.48. The van der Waals surface area contributed by atoms with Crippen LogP contribution in [0.4, 0.5) is 0 Å². The van der Waals surface area contributed by atoms with E-state index < -0.39 is 0 Å². The first kappa shape index (κ1) is 13.7. The number of amides is 1. The van der Waals surface area contributed by atoms with E-state index in [4.69, 9.17) is 5.73 Å². The normalized spacial score (nSPS) is 10.6. The summed E-state index contributed by atoms with van der Waals surface area (Å²) >= 11 is 0. The minimum Gasteiger partial charge on any atom is -0.348 e. The average molecular weight is 235 g/mol. The van der Waals surface area contributed by atoms with Crippen molar-refractivity contribution in [2.75, 3.05) is 27.7 Å². The van der Waals surface area contributed by atoms with Crippen molar-refractivity contribution in [3.8, 4) is 0 Å². The number of rotatable bonds is 5. The van der Waals surface area contributed by atoms with Gasteiger partial charge in [0.1, 0.15) is 0 Å². The highest BCUT2D eigenvalue weighted by Gasteiger charge is 2.08. The van der Waals surface area contributed by atoms with Crippen LogP contribution in [0.3, 0.4) is 0 Å². The van der Waals surface area contributed by atoms with Gasteiger partial charge in [-0.3, -0.25) is 9.69 Å². The molecule has 0 aromatic heterocycles. The molecule has 4 nitrogen and oxygen atoms in total. The largest absolute Gasteiger partial charge is 0.348 e. The Hall–Kier alpha value is -1.39. The van der Waals surface area contributed by atoms with Gasteiger partial charge in [-0.15, -0.1) is 0 Å². The maximum atomic E-state index is 11.5. The molecule has 17 heavy (non-hydrogen) atoms. The molecule has 0 atom stereocenters. The first-order valence-electron chi connectivity index (χ1n) is 5.69. The van der Waals surface area contributed by atoms with Crippen LogP contribution < -0.4 is 5.73 Å². The van der Waals surface area contributed by atoms with Crippen LogP contribution in [0.2, 0.25) is 0 Å². The van der Waals surface area contributed by atoms with Crippen LogP contribution in [-0.4, -0.2) is 43.4 Å². The van der Waals surface area contributed by atoms with Crippen molar-refractivity contribution < 1.29 is 4.79 Å². The van der Waals surface area contributed by atoms with E-state index in [-0.39, 0.29) is 5.91 Å². The van der Waals surface area contributed by atoms with Gasteiger partial charge >= 0.3 is 0 Å². The van der Waals surface area contributed by atoms with E-state index in [0.717, 1.165) is 12.1 Å². The first-order chi connectivity index (χ1) is 8.02. The molecule has 0 unspecified atom stereocenters. The maximum Gasteiger partial charge on any atom is 0.236 e. The van der Waals surface area contributed by atoms with Gasteiger partial charge in [-0.25, -0.2) is 0 Å². The topological polar surface area (TPSA) is 49.6 Å². The van der Waals surface area contributed by atoms with Crippen LogP contribution in [0.1, 0.15) is 11.1 Å². The standard InChI is InChI=1S/C13H21N3O/c1-15(2)13(17)10-16(3)9-12-6-4-11(8-14)5-7-12/h4-7H,8-10,14H2,1-3H3. The smallest absolute Gasteiger partial charge is 0.236 e. The molecule has 4 heteroatoms. The summed E-state index contributed by atoms with van der Waals surface area (Å²) in [7, 11) is 5.48. The molecule has 0 saturated carbocycles. The molecule has 0 aliphatic carbocycles. The van der Waals surface area contributed by atoms with Crippen molar-refractivity contribution in [1.29, 1.82) is 0 Å². The summed E-state index contributed by atoms with van der Waals surface area (Å²) in [6, 6.07) is 8.16. The molecular formula is C13H21N3O. The third kappa shape index (κ3) is 4.54. The van der Waals surface area contributed by atoms with Crippen LogP contribution in [0, 0.1) is 0 Å². The monoisotopic (exact) mass is 235 g/mol. The molecule has 0 saturated heterocycles. The van der Waals surface area contributed by atoms with Gasteiger partial charge in [0.05, 0.1) is 6.54 Å². The number of carbonyl (C=O) groups excluding carboxylic acids is 1. The molecule has 2 N–H and O–H groups in total. The van der Waals surface area contributed by atoms with Crippen LogP contribution in [0.25, 0.3) is 0 Å². The van der Waals surface area contributed by atoms with E-state index in [0.29, 0.717) is 13.1 Å². The zero-order chi connectivity index (χ0) is 12.8. The lowest BCUT2D eigenvalue weighted by atomic mass is 10.1. The fourth-order valence-corrected chi connectivity index (χ4v) is 1.52. The van der Waals surface area contributed by atoms with Crippen molar-refractivity contribution in [3.05, 3.63) is 35.4 Å².